The lowest BCUT2D eigenvalue weighted by Crippen LogP contribution is -1.85. The van der Waals surface area contributed by atoms with E-state index in [9.17, 15) is 9.90 Å². The molecular formula is C10H8O3. The van der Waals surface area contributed by atoms with E-state index in [4.69, 9.17) is 4.42 Å². The Balaban J connectivity index is 2.62. The van der Waals surface area contributed by atoms with Gasteiger partial charge in [-0.3, -0.25) is 0 Å². The summed E-state index contributed by atoms with van der Waals surface area (Å²) in [5.74, 6) is 0.106. The number of carbonyl (C=O) groups excluding carboxylic acids is 1. The fourth-order valence-corrected chi connectivity index (χ4v) is 1.30. The number of phenols is 1. The molecule has 0 amide bonds. The zero-order valence-corrected chi connectivity index (χ0v) is 6.86. The molecule has 2 aromatic rings. The number of fused-ring (bicyclic) bond motifs is 1. The first kappa shape index (κ1) is 7.86. The van der Waals surface area contributed by atoms with Gasteiger partial charge in [0.25, 0.3) is 0 Å². The van der Waals surface area contributed by atoms with Crippen LogP contribution in [0.1, 0.15) is 5.56 Å². The summed E-state index contributed by atoms with van der Waals surface area (Å²) >= 11 is 0. The molecule has 2 rings (SSSR count). The maximum atomic E-state index is 10.3. The van der Waals surface area contributed by atoms with Crippen LogP contribution in [0.5, 0.6) is 5.75 Å². The van der Waals surface area contributed by atoms with Crippen LogP contribution in [0.2, 0.25) is 0 Å². The van der Waals surface area contributed by atoms with E-state index in [0.717, 1.165) is 11.7 Å². The second kappa shape index (κ2) is 2.94. The minimum absolute atomic E-state index is 0.106. The molecule has 13 heavy (non-hydrogen) atoms. The van der Waals surface area contributed by atoms with Crippen molar-refractivity contribution in [3.05, 3.63) is 30.0 Å². The number of benzene rings is 1. The summed E-state index contributed by atoms with van der Waals surface area (Å²) in [6.07, 6.45) is 2.54. The summed E-state index contributed by atoms with van der Waals surface area (Å²) in [5, 5.41) is 10.3. The van der Waals surface area contributed by atoms with Crippen molar-refractivity contribution in [3.8, 4) is 5.75 Å². The highest BCUT2D eigenvalue weighted by molar-refractivity contribution is 5.80. The van der Waals surface area contributed by atoms with Crippen LogP contribution in [0.25, 0.3) is 11.0 Å². The summed E-state index contributed by atoms with van der Waals surface area (Å²) in [6.45, 7) is 0. The molecule has 1 aromatic heterocycles. The number of aldehydes is 1. The van der Waals surface area contributed by atoms with E-state index in [1.165, 1.54) is 6.07 Å². The third-order valence-corrected chi connectivity index (χ3v) is 1.96. The normalized spacial score (nSPS) is 10.5. The first-order valence-corrected chi connectivity index (χ1v) is 3.94. The van der Waals surface area contributed by atoms with E-state index in [2.05, 4.69) is 0 Å². The SMILES string of the molecule is O=CCc1cc2ccoc2cc1O. The molecule has 0 fully saturated rings. The van der Waals surface area contributed by atoms with E-state index in [-0.39, 0.29) is 12.2 Å². The molecule has 1 N–H and O–H groups in total. The average Bonchev–Trinajstić information content (AvgIpc) is 2.52. The van der Waals surface area contributed by atoms with Crippen molar-refractivity contribution in [2.24, 2.45) is 0 Å². The lowest BCUT2D eigenvalue weighted by Gasteiger charge is -1.99. The molecule has 0 saturated heterocycles. The van der Waals surface area contributed by atoms with Crippen molar-refractivity contribution >= 4 is 17.3 Å². The number of hydrogen-bond acceptors (Lipinski definition) is 3. The summed E-state index contributed by atoms with van der Waals surface area (Å²) in [4.78, 5) is 10.3. The van der Waals surface area contributed by atoms with Crippen LogP contribution >= 0.6 is 0 Å². The Labute approximate surface area is 74.6 Å². The third kappa shape index (κ3) is 1.28. The lowest BCUT2D eigenvalue weighted by atomic mass is 10.1. The van der Waals surface area contributed by atoms with Crippen molar-refractivity contribution in [3.63, 3.8) is 0 Å². The smallest absolute Gasteiger partial charge is 0.137 e. The highest BCUT2D eigenvalue weighted by Gasteiger charge is 2.04. The van der Waals surface area contributed by atoms with Crippen LogP contribution in [0.3, 0.4) is 0 Å². The molecule has 0 aliphatic carbocycles. The van der Waals surface area contributed by atoms with Gasteiger partial charge in [-0.1, -0.05) is 0 Å². The molecule has 0 spiro atoms. The van der Waals surface area contributed by atoms with Gasteiger partial charge in [-0.05, 0) is 12.1 Å². The van der Waals surface area contributed by atoms with Crippen LogP contribution in [0, 0.1) is 0 Å². The highest BCUT2D eigenvalue weighted by atomic mass is 16.3. The van der Waals surface area contributed by atoms with E-state index in [1.54, 1.807) is 18.4 Å². The zero-order chi connectivity index (χ0) is 9.26. The van der Waals surface area contributed by atoms with Gasteiger partial charge in [0, 0.05) is 23.4 Å². The first-order chi connectivity index (χ1) is 6.31. The number of rotatable bonds is 2. The topological polar surface area (TPSA) is 50.4 Å². The van der Waals surface area contributed by atoms with Gasteiger partial charge in [0.2, 0.25) is 0 Å². The van der Waals surface area contributed by atoms with Gasteiger partial charge in [0.05, 0.1) is 6.26 Å². The van der Waals surface area contributed by atoms with Crippen molar-refractivity contribution in [1.29, 1.82) is 0 Å². The number of aromatic hydroxyl groups is 1. The van der Waals surface area contributed by atoms with Gasteiger partial charge in [0.1, 0.15) is 17.6 Å². The predicted molar refractivity (Wildman–Crippen MR) is 47.6 cm³/mol. The molecule has 66 valence electrons. The number of carbonyl (C=O) groups is 1. The molecule has 1 aromatic carbocycles. The van der Waals surface area contributed by atoms with Crippen molar-refractivity contribution in [2.45, 2.75) is 6.42 Å². The second-order valence-electron chi connectivity index (χ2n) is 2.81. The Bertz CT molecular complexity index is 442. The molecular weight excluding hydrogens is 168 g/mol. The summed E-state index contributed by atoms with van der Waals surface area (Å²) in [5.41, 5.74) is 1.26. The fourth-order valence-electron chi connectivity index (χ4n) is 1.30. The van der Waals surface area contributed by atoms with Gasteiger partial charge < -0.3 is 14.3 Å². The van der Waals surface area contributed by atoms with Crippen molar-refractivity contribution < 1.29 is 14.3 Å². The lowest BCUT2D eigenvalue weighted by molar-refractivity contribution is -0.107. The maximum Gasteiger partial charge on any atom is 0.137 e. The van der Waals surface area contributed by atoms with E-state index >= 15 is 0 Å². The maximum absolute atomic E-state index is 10.3. The molecule has 3 nitrogen and oxygen atoms in total. The van der Waals surface area contributed by atoms with Crippen LogP contribution in [-0.4, -0.2) is 11.4 Å². The van der Waals surface area contributed by atoms with Crippen molar-refractivity contribution in [1.82, 2.24) is 0 Å². The molecule has 0 atom stereocenters. The van der Waals surface area contributed by atoms with E-state index in [1.807, 2.05) is 0 Å². The average molecular weight is 176 g/mol. The zero-order valence-electron chi connectivity index (χ0n) is 6.86. The highest BCUT2D eigenvalue weighted by Crippen LogP contribution is 2.25. The largest absolute Gasteiger partial charge is 0.508 e. The van der Waals surface area contributed by atoms with Crippen LogP contribution in [0.4, 0.5) is 0 Å². The van der Waals surface area contributed by atoms with E-state index < -0.39 is 0 Å². The van der Waals surface area contributed by atoms with Gasteiger partial charge >= 0.3 is 0 Å². The predicted octanol–water partition coefficient (Wildman–Crippen LogP) is 1.88. The standard InChI is InChI=1S/C10H8O3/c11-3-1-7-5-8-2-4-13-10(8)6-9(7)12/h2-6,12H,1H2. The Morgan fingerprint density at radius 1 is 1.46 bits per heavy atom. The van der Waals surface area contributed by atoms with Crippen molar-refractivity contribution in [2.75, 3.05) is 0 Å². The minimum Gasteiger partial charge on any atom is -0.508 e. The minimum atomic E-state index is 0.106. The molecule has 0 bridgehead atoms. The Morgan fingerprint density at radius 3 is 3.08 bits per heavy atom. The molecule has 1 heterocycles. The molecule has 0 unspecified atom stereocenters. The monoisotopic (exact) mass is 176 g/mol. The first-order valence-electron chi connectivity index (χ1n) is 3.94. The summed E-state index contributed by atoms with van der Waals surface area (Å²) in [7, 11) is 0. The molecule has 3 heteroatoms. The van der Waals surface area contributed by atoms with Gasteiger partial charge in [-0.15, -0.1) is 0 Å². The van der Waals surface area contributed by atoms with E-state index in [0.29, 0.717) is 11.1 Å². The van der Waals surface area contributed by atoms with Crippen LogP contribution in [0.15, 0.2) is 28.9 Å². The quantitative estimate of drug-likeness (QED) is 0.710. The fraction of sp³-hybridized carbons (Fsp3) is 0.100. The molecule has 0 saturated carbocycles. The summed E-state index contributed by atoms with van der Waals surface area (Å²) < 4.78 is 5.08. The molecule has 0 aliphatic heterocycles. The van der Waals surface area contributed by atoms with Crippen LogP contribution < -0.4 is 0 Å². The Morgan fingerprint density at radius 2 is 2.31 bits per heavy atom. The number of hydrogen-bond donors (Lipinski definition) is 1. The van der Waals surface area contributed by atoms with Gasteiger partial charge in [-0.2, -0.15) is 0 Å². The van der Waals surface area contributed by atoms with Gasteiger partial charge in [0.15, 0.2) is 0 Å². The summed E-state index contributed by atoms with van der Waals surface area (Å²) in [6, 6.07) is 5.07. The third-order valence-electron chi connectivity index (χ3n) is 1.96. The number of phenolic OH excluding ortho intramolecular Hbond substituents is 1. The van der Waals surface area contributed by atoms with Gasteiger partial charge in [-0.25, -0.2) is 0 Å². The van der Waals surface area contributed by atoms with Crippen LogP contribution in [-0.2, 0) is 11.2 Å². The number of furan rings is 1. The Kier molecular flexibility index (Phi) is 1.77. The second-order valence-corrected chi connectivity index (χ2v) is 2.81. The Hall–Kier alpha value is -1.77. The molecule has 0 radical (unpaired) electrons. The molecule has 0 aliphatic rings.